The fourth-order valence-corrected chi connectivity index (χ4v) is 3.42. The SMILES string of the molecule is Cc1sc2ccccc2c1B1OCC(C)(C)CO1. The largest absolute Gasteiger partial charge is 0.495 e. The molecule has 1 aromatic heterocycles. The Bertz CT molecular complexity index is 566. The lowest BCUT2D eigenvalue weighted by Gasteiger charge is -2.33. The molecule has 0 saturated carbocycles. The van der Waals surface area contributed by atoms with Crippen LogP contribution in [0.25, 0.3) is 10.1 Å². The van der Waals surface area contributed by atoms with Crippen molar-refractivity contribution in [1.82, 2.24) is 0 Å². The highest BCUT2D eigenvalue weighted by Gasteiger charge is 2.35. The van der Waals surface area contributed by atoms with Crippen molar-refractivity contribution in [2.75, 3.05) is 13.2 Å². The van der Waals surface area contributed by atoms with Crippen molar-refractivity contribution in [3.05, 3.63) is 29.1 Å². The van der Waals surface area contributed by atoms with Crippen LogP contribution in [0.3, 0.4) is 0 Å². The molecule has 2 aromatic rings. The number of benzene rings is 1. The summed E-state index contributed by atoms with van der Waals surface area (Å²) in [5.74, 6) is 0. The quantitative estimate of drug-likeness (QED) is 0.734. The maximum absolute atomic E-state index is 5.91. The van der Waals surface area contributed by atoms with Crippen molar-refractivity contribution in [2.24, 2.45) is 5.41 Å². The summed E-state index contributed by atoms with van der Waals surface area (Å²) in [4.78, 5) is 1.29. The Morgan fingerprint density at radius 1 is 1.17 bits per heavy atom. The Kier molecular flexibility index (Phi) is 2.97. The average molecular weight is 260 g/mol. The zero-order valence-electron chi connectivity index (χ0n) is 11.0. The van der Waals surface area contributed by atoms with Crippen LogP contribution in [-0.2, 0) is 9.31 Å². The first-order chi connectivity index (χ1) is 8.57. The van der Waals surface area contributed by atoms with Gasteiger partial charge in [0.15, 0.2) is 0 Å². The molecule has 0 unspecified atom stereocenters. The highest BCUT2D eigenvalue weighted by Crippen LogP contribution is 2.27. The number of hydrogen-bond acceptors (Lipinski definition) is 3. The molecular weight excluding hydrogens is 243 g/mol. The van der Waals surface area contributed by atoms with E-state index in [2.05, 4.69) is 45.0 Å². The lowest BCUT2D eigenvalue weighted by atomic mass is 9.74. The lowest BCUT2D eigenvalue weighted by molar-refractivity contribution is 0.0344. The lowest BCUT2D eigenvalue weighted by Crippen LogP contribution is -2.47. The van der Waals surface area contributed by atoms with Crippen LogP contribution in [0.15, 0.2) is 24.3 Å². The highest BCUT2D eigenvalue weighted by atomic mass is 32.1. The first-order valence-electron chi connectivity index (χ1n) is 6.28. The average Bonchev–Trinajstić information content (AvgIpc) is 2.66. The van der Waals surface area contributed by atoms with E-state index in [1.807, 2.05) is 11.3 Å². The maximum Gasteiger partial charge on any atom is 0.495 e. The van der Waals surface area contributed by atoms with E-state index >= 15 is 0 Å². The normalized spacial score (nSPS) is 19.4. The molecule has 0 amide bonds. The summed E-state index contributed by atoms with van der Waals surface area (Å²) in [6, 6.07) is 8.46. The Morgan fingerprint density at radius 3 is 2.56 bits per heavy atom. The molecule has 2 nitrogen and oxygen atoms in total. The van der Waals surface area contributed by atoms with Crippen LogP contribution < -0.4 is 5.46 Å². The monoisotopic (exact) mass is 260 g/mol. The van der Waals surface area contributed by atoms with Crippen molar-refractivity contribution >= 4 is 34.0 Å². The van der Waals surface area contributed by atoms with Gasteiger partial charge in [-0.25, -0.2) is 0 Å². The van der Waals surface area contributed by atoms with Gasteiger partial charge >= 0.3 is 7.12 Å². The Labute approximate surface area is 112 Å². The molecule has 1 aromatic carbocycles. The number of rotatable bonds is 1. The number of fused-ring (bicyclic) bond motifs is 1. The fourth-order valence-electron chi connectivity index (χ4n) is 2.34. The zero-order chi connectivity index (χ0) is 12.8. The summed E-state index contributed by atoms with van der Waals surface area (Å²) in [7, 11) is -0.200. The predicted molar refractivity (Wildman–Crippen MR) is 77.6 cm³/mol. The van der Waals surface area contributed by atoms with Gasteiger partial charge in [0.05, 0.1) is 0 Å². The van der Waals surface area contributed by atoms with Crippen molar-refractivity contribution in [2.45, 2.75) is 20.8 Å². The first-order valence-corrected chi connectivity index (χ1v) is 7.10. The van der Waals surface area contributed by atoms with Gasteiger partial charge in [0.1, 0.15) is 0 Å². The third-order valence-corrected chi connectivity index (χ3v) is 4.41. The van der Waals surface area contributed by atoms with Crippen LogP contribution in [0.5, 0.6) is 0 Å². The molecule has 0 N–H and O–H groups in total. The molecular formula is C14H17BO2S. The number of aryl methyl sites for hydroxylation is 1. The van der Waals surface area contributed by atoms with E-state index in [4.69, 9.17) is 9.31 Å². The van der Waals surface area contributed by atoms with Gasteiger partial charge in [-0.1, -0.05) is 32.0 Å². The van der Waals surface area contributed by atoms with Crippen molar-refractivity contribution < 1.29 is 9.31 Å². The predicted octanol–water partition coefficient (Wildman–Crippen LogP) is 2.98. The minimum Gasteiger partial charge on any atom is -0.407 e. The maximum atomic E-state index is 5.91. The Hall–Kier alpha value is -0.835. The van der Waals surface area contributed by atoms with Crippen LogP contribution in [-0.4, -0.2) is 20.3 Å². The molecule has 3 rings (SSSR count). The molecule has 0 spiro atoms. The third kappa shape index (κ3) is 2.09. The van der Waals surface area contributed by atoms with Crippen LogP contribution in [0, 0.1) is 12.3 Å². The minimum absolute atomic E-state index is 0.121. The Morgan fingerprint density at radius 2 is 1.83 bits per heavy atom. The topological polar surface area (TPSA) is 18.5 Å². The van der Waals surface area contributed by atoms with E-state index in [0.717, 1.165) is 13.2 Å². The van der Waals surface area contributed by atoms with Gasteiger partial charge in [0.25, 0.3) is 0 Å². The summed E-state index contributed by atoms with van der Waals surface area (Å²) in [6.45, 7) is 7.98. The summed E-state index contributed by atoms with van der Waals surface area (Å²) in [5.41, 5.74) is 1.34. The highest BCUT2D eigenvalue weighted by molar-refractivity contribution is 7.20. The van der Waals surface area contributed by atoms with Crippen LogP contribution >= 0.6 is 11.3 Å². The van der Waals surface area contributed by atoms with E-state index in [1.54, 1.807) is 0 Å². The van der Waals surface area contributed by atoms with Crippen molar-refractivity contribution in [3.63, 3.8) is 0 Å². The van der Waals surface area contributed by atoms with Gasteiger partial charge in [-0.05, 0) is 18.4 Å². The van der Waals surface area contributed by atoms with E-state index in [1.165, 1.54) is 20.4 Å². The summed E-state index contributed by atoms with van der Waals surface area (Å²) in [5, 5.41) is 1.27. The standard InChI is InChI=1S/C14H17BO2S/c1-10-13(11-6-4-5-7-12(11)18-10)15-16-8-14(2,3)9-17-15/h4-7H,8-9H2,1-3H3. The van der Waals surface area contributed by atoms with E-state index in [-0.39, 0.29) is 12.5 Å². The summed E-state index contributed by atoms with van der Waals surface area (Å²) < 4.78 is 13.1. The van der Waals surface area contributed by atoms with Crippen LogP contribution in [0.2, 0.25) is 0 Å². The molecule has 18 heavy (non-hydrogen) atoms. The summed E-state index contributed by atoms with van der Waals surface area (Å²) >= 11 is 1.81. The van der Waals surface area contributed by atoms with E-state index in [0.29, 0.717) is 0 Å². The summed E-state index contributed by atoms with van der Waals surface area (Å²) in [6.07, 6.45) is 0. The molecule has 0 aliphatic carbocycles. The second-order valence-corrected chi connectivity index (χ2v) is 6.94. The zero-order valence-corrected chi connectivity index (χ0v) is 11.8. The third-order valence-electron chi connectivity index (χ3n) is 3.31. The van der Waals surface area contributed by atoms with Crippen molar-refractivity contribution in [3.8, 4) is 0 Å². The van der Waals surface area contributed by atoms with Gasteiger partial charge in [-0.2, -0.15) is 0 Å². The van der Waals surface area contributed by atoms with Gasteiger partial charge in [0.2, 0.25) is 0 Å². The van der Waals surface area contributed by atoms with Gasteiger partial charge < -0.3 is 9.31 Å². The molecule has 1 saturated heterocycles. The van der Waals surface area contributed by atoms with Gasteiger partial charge in [-0.3, -0.25) is 0 Å². The molecule has 1 fully saturated rings. The molecule has 94 valence electrons. The van der Waals surface area contributed by atoms with Crippen LogP contribution in [0.4, 0.5) is 0 Å². The number of thiophene rings is 1. The minimum atomic E-state index is -0.200. The molecule has 0 radical (unpaired) electrons. The number of hydrogen-bond donors (Lipinski definition) is 0. The molecule has 4 heteroatoms. The first kappa shape index (κ1) is 12.2. The molecule has 2 heterocycles. The molecule has 0 bridgehead atoms. The fraction of sp³-hybridized carbons (Fsp3) is 0.429. The Balaban J connectivity index is 1.97. The molecule has 0 atom stereocenters. The van der Waals surface area contributed by atoms with Gasteiger partial charge in [-0.15, -0.1) is 11.3 Å². The van der Waals surface area contributed by atoms with Crippen LogP contribution in [0.1, 0.15) is 18.7 Å². The second kappa shape index (κ2) is 4.37. The molecule has 1 aliphatic heterocycles. The molecule has 1 aliphatic rings. The van der Waals surface area contributed by atoms with Gasteiger partial charge in [0, 0.05) is 33.7 Å². The van der Waals surface area contributed by atoms with E-state index in [9.17, 15) is 0 Å². The van der Waals surface area contributed by atoms with E-state index < -0.39 is 0 Å². The smallest absolute Gasteiger partial charge is 0.407 e. The second-order valence-electron chi connectivity index (χ2n) is 5.69. The van der Waals surface area contributed by atoms with Crippen molar-refractivity contribution in [1.29, 1.82) is 0 Å².